The van der Waals surface area contributed by atoms with Crippen LogP contribution in [-0.4, -0.2) is 36.3 Å². The Labute approximate surface area is 172 Å². The highest BCUT2D eigenvalue weighted by molar-refractivity contribution is 7.89. The Balaban J connectivity index is 1.45. The van der Waals surface area contributed by atoms with E-state index < -0.39 is 21.6 Å². The SMILES string of the molecule is Cn1c(=O)oc2cc(S(=O)(=O)N3CCC(C(=O)Nc4cccc(F)c4)CC3)ccc21. The molecule has 0 radical (unpaired) electrons. The van der Waals surface area contributed by atoms with Crippen LogP contribution in [0.1, 0.15) is 12.8 Å². The zero-order valence-corrected chi connectivity index (χ0v) is 17.0. The number of carbonyl (C=O) groups excluding carboxylic acids is 1. The molecule has 0 aliphatic carbocycles. The van der Waals surface area contributed by atoms with Crippen LogP contribution >= 0.6 is 0 Å². The summed E-state index contributed by atoms with van der Waals surface area (Å²) < 4.78 is 46.9. The predicted molar refractivity (Wildman–Crippen MR) is 108 cm³/mol. The van der Waals surface area contributed by atoms with Gasteiger partial charge in [0.15, 0.2) is 5.58 Å². The quantitative estimate of drug-likeness (QED) is 0.680. The first-order valence-corrected chi connectivity index (χ1v) is 10.9. The number of fused-ring (bicyclic) bond motifs is 1. The minimum Gasteiger partial charge on any atom is -0.408 e. The van der Waals surface area contributed by atoms with Crippen LogP contribution in [0.2, 0.25) is 0 Å². The van der Waals surface area contributed by atoms with Crippen molar-refractivity contribution in [2.45, 2.75) is 17.7 Å². The number of aryl methyl sites for hydroxylation is 1. The van der Waals surface area contributed by atoms with Crippen LogP contribution < -0.4 is 11.1 Å². The first-order chi connectivity index (χ1) is 14.3. The van der Waals surface area contributed by atoms with Gasteiger partial charge in [-0.15, -0.1) is 0 Å². The number of rotatable bonds is 4. The molecule has 3 aromatic rings. The van der Waals surface area contributed by atoms with Crippen LogP contribution in [0.15, 0.2) is 56.6 Å². The minimum absolute atomic E-state index is 0.0343. The number of sulfonamides is 1. The Morgan fingerprint density at radius 1 is 1.17 bits per heavy atom. The van der Waals surface area contributed by atoms with Gasteiger partial charge >= 0.3 is 5.76 Å². The van der Waals surface area contributed by atoms with Crippen LogP contribution in [0.4, 0.5) is 10.1 Å². The van der Waals surface area contributed by atoms with Gasteiger partial charge in [0, 0.05) is 37.8 Å². The van der Waals surface area contributed by atoms with E-state index in [0.29, 0.717) is 24.0 Å². The van der Waals surface area contributed by atoms with E-state index in [2.05, 4.69) is 5.32 Å². The molecule has 30 heavy (non-hydrogen) atoms. The second kappa shape index (κ2) is 7.69. The summed E-state index contributed by atoms with van der Waals surface area (Å²) in [6.07, 6.45) is 0.700. The van der Waals surface area contributed by atoms with E-state index in [1.165, 1.54) is 45.3 Å². The molecule has 1 fully saturated rings. The standard InChI is InChI=1S/C20H20FN3O5S/c1-23-17-6-5-16(12-18(17)29-20(23)26)30(27,28)24-9-7-13(8-10-24)19(25)22-15-4-2-3-14(21)11-15/h2-6,11-13H,7-10H2,1H3,(H,22,25). The molecule has 1 aliphatic heterocycles. The van der Waals surface area contributed by atoms with Gasteiger partial charge in [-0.2, -0.15) is 4.31 Å². The number of carbonyl (C=O) groups is 1. The molecule has 0 saturated carbocycles. The molecule has 0 bridgehead atoms. The molecular weight excluding hydrogens is 413 g/mol. The lowest BCUT2D eigenvalue weighted by molar-refractivity contribution is -0.120. The molecule has 1 amide bonds. The first-order valence-electron chi connectivity index (χ1n) is 9.42. The van der Waals surface area contributed by atoms with Crippen molar-refractivity contribution in [3.8, 4) is 0 Å². The molecule has 0 spiro atoms. The van der Waals surface area contributed by atoms with Crippen LogP contribution in [0.3, 0.4) is 0 Å². The zero-order chi connectivity index (χ0) is 21.5. The van der Waals surface area contributed by atoms with Gasteiger partial charge in [-0.3, -0.25) is 9.36 Å². The molecule has 1 aliphatic rings. The fourth-order valence-corrected chi connectivity index (χ4v) is 5.08. The van der Waals surface area contributed by atoms with Gasteiger partial charge in [0.1, 0.15) is 5.82 Å². The van der Waals surface area contributed by atoms with Crippen LogP contribution in [-0.2, 0) is 21.9 Å². The predicted octanol–water partition coefficient (Wildman–Crippen LogP) is 2.31. The Bertz CT molecular complexity index is 1270. The molecule has 2 heterocycles. The number of nitrogens with one attached hydrogen (secondary N) is 1. The normalized spacial score (nSPS) is 16.1. The summed E-state index contributed by atoms with van der Waals surface area (Å²) >= 11 is 0. The molecule has 158 valence electrons. The highest BCUT2D eigenvalue weighted by Gasteiger charge is 2.32. The number of piperidine rings is 1. The molecule has 8 nitrogen and oxygen atoms in total. The molecule has 0 unspecified atom stereocenters. The summed E-state index contributed by atoms with van der Waals surface area (Å²) in [5.41, 5.74) is 1.08. The van der Waals surface area contributed by atoms with E-state index in [0.717, 1.165) is 0 Å². The first kappa shape index (κ1) is 20.3. The maximum Gasteiger partial charge on any atom is 0.419 e. The number of oxazole rings is 1. The number of amides is 1. The number of halogens is 1. The van der Waals surface area contributed by atoms with Gasteiger partial charge in [0.2, 0.25) is 15.9 Å². The lowest BCUT2D eigenvalue weighted by Crippen LogP contribution is -2.41. The summed E-state index contributed by atoms with van der Waals surface area (Å²) in [6, 6.07) is 9.94. The summed E-state index contributed by atoms with van der Waals surface area (Å²) in [5.74, 6) is -1.64. The van der Waals surface area contributed by atoms with Crippen LogP contribution in [0.5, 0.6) is 0 Å². The van der Waals surface area contributed by atoms with Crippen LogP contribution in [0, 0.1) is 11.7 Å². The average molecular weight is 433 g/mol. The monoisotopic (exact) mass is 433 g/mol. The number of hydrogen-bond donors (Lipinski definition) is 1. The van der Waals surface area contributed by atoms with Gasteiger partial charge in [-0.1, -0.05) is 6.07 Å². The molecule has 1 N–H and O–H groups in total. The van der Waals surface area contributed by atoms with Gasteiger partial charge in [0.05, 0.1) is 10.4 Å². The lowest BCUT2D eigenvalue weighted by Gasteiger charge is -2.30. The molecule has 0 atom stereocenters. The van der Waals surface area contributed by atoms with Gasteiger partial charge in [-0.25, -0.2) is 17.6 Å². The minimum atomic E-state index is -3.79. The van der Waals surface area contributed by atoms with E-state index in [1.807, 2.05) is 0 Å². The Hall–Kier alpha value is -2.98. The molecular formula is C20H20FN3O5S. The van der Waals surface area contributed by atoms with Crippen molar-refractivity contribution in [3.63, 3.8) is 0 Å². The Morgan fingerprint density at radius 3 is 2.60 bits per heavy atom. The fraction of sp³-hybridized carbons (Fsp3) is 0.300. The van der Waals surface area contributed by atoms with Crippen molar-refractivity contribution < 1.29 is 22.0 Å². The van der Waals surface area contributed by atoms with E-state index >= 15 is 0 Å². The molecule has 10 heteroatoms. The summed E-state index contributed by atoms with van der Waals surface area (Å²) in [5, 5.41) is 2.67. The highest BCUT2D eigenvalue weighted by atomic mass is 32.2. The molecule has 2 aromatic carbocycles. The van der Waals surface area contributed by atoms with Crippen molar-refractivity contribution in [1.29, 1.82) is 0 Å². The second-order valence-corrected chi connectivity index (χ2v) is 9.17. The summed E-state index contributed by atoms with van der Waals surface area (Å²) in [4.78, 5) is 24.1. The fourth-order valence-electron chi connectivity index (χ4n) is 3.59. The van der Waals surface area contributed by atoms with E-state index in [1.54, 1.807) is 13.1 Å². The molecule has 1 aromatic heterocycles. The van der Waals surface area contributed by atoms with Gasteiger partial charge in [0.25, 0.3) is 0 Å². The summed E-state index contributed by atoms with van der Waals surface area (Å²) in [7, 11) is -2.25. The number of nitrogens with zero attached hydrogens (tertiary/aromatic N) is 2. The van der Waals surface area contributed by atoms with Crippen molar-refractivity contribution in [2.24, 2.45) is 13.0 Å². The van der Waals surface area contributed by atoms with Crippen LogP contribution in [0.25, 0.3) is 11.1 Å². The third kappa shape index (κ3) is 3.75. The van der Waals surface area contributed by atoms with E-state index in [4.69, 9.17) is 4.42 Å². The number of hydrogen-bond acceptors (Lipinski definition) is 5. The largest absolute Gasteiger partial charge is 0.419 e. The van der Waals surface area contributed by atoms with Crippen molar-refractivity contribution in [1.82, 2.24) is 8.87 Å². The Morgan fingerprint density at radius 2 is 1.90 bits per heavy atom. The van der Waals surface area contributed by atoms with Crippen molar-refractivity contribution >= 4 is 32.7 Å². The highest BCUT2D eigenvalue weighted by Crippen LogP contribution is 2.26. The lowest BCUT2D eigenvalue weighted by atomic mass is 9.97. The average Bonchev–Trinajstić information content (AvgIpc) is 3.01. The number of anilines is 1. The van der Waals surface area contributed by atoms with Gasteiger partial charge < -0.3 is 9.73 Å². The third-order valence-corrected chi connectivity index (χ3v) is 7.21. The van der Waals surface area contributed by atoms with Crippen molar-refractivity contribution in [2.75, 3.05) is 18.4 Å². The summed E-state index contributed by atoms with van der Waals surface area (Å²) in [6.45, 7) is 0.362. The van der Waals surface area contributed by atoms with Gasteiger partial charge in [-0.05, 0) is 43.2 Å². The number of benzene rings is 2. The molecule has 1 saturated heterocycles. The maximum absolute atomic E-state index is 13.3. The van der Waals surface area contributed by atoms with E-state index in [-0.39, 0.29) is 35.4 Å². The smallest absolute Gasteiger partial charge is 0.408 e. The second-order valence-electron chi connectivity index (χ2n) is 7.23. The van der Waals surface area contributed by atoms with E-state index in [9.17, 15) is 22.4 Å². The number of aromatic nitrogens is 1. The zero-order valence-electron chi connectivity index (χ0n) is 16.2. The van der Waals surface area contributed by atoms with Crippen molar-refractivity contribution in [3.05, 3.63) is 58.8 Å². The maximum atomic E-state index is 13.3. The third-order valence-electron chi connectivity index (χ3n) is 5.32. The molecule has 4 rings (SSSR count). The topological polar surface area (TPSA) is 102 Å². The Kier molecular flexibility index (Phi) is 5.20.